The Balaban J connectivity index is 2.19. The van der Waals surface area contributed by atoms with Crippen LogP contribution in [-0.4, -0.2) is 22.2 Å². The quantitative estimate of drug-likeness (QED) is 0.911. The molecule has 0 saturated heterocycles. The monoisotopic (exact) mass is 312 g/mol. The number of hydrogen-bond donors (Lipinski definition) is 2. The van der Waals surface area contributed by atoms with Gasteiger partial charge >= 0.3 is 0 Å². The molecule has 2 N–H and O–H groups in total. The van der Waals surface area contributed by atoms with E-state index < -0.39 is 0 Å². The van der Waals surface area contributed by atoms with E-state index in [0.29, 0.717) is 6.04 Å². The van der Waals surface area contributed by atoms with Crippen LogP contribution in [0, 0.1) is 0 Å². The van der Waals surface area contributed by atoms with Gasteiger partial charge in [-0.3, -0.25) is 5.10 Å². The molecule has 2 aromatic rings. The molecule has 0 aliphatic heterocycles. The van der Waals surface area contributed by atoms with Gasteiger partial charge < -0.3 is 5.32 Å². The van der Waals surface area contributed by atoms with Crippen molar-refractivity contribution < 1.29 is 0 Å². The second-order valence-corrected chi connectivity index (χ2v) is 5.50. The second-order valence-electron chi connectivity index (χ2n) is 3.59. The van der Waals surface area contributed by atoms with E-state index in [0.717, 1.165) is 14.5 Å². The van der Waals surface area contributed by atoms with Gasteiger partial charge in [-0.25, -0.2) is 4.98 Å². The lowest BCUT2D eigenvalue weighted by Gasteiger charge is -2.13. The summed E-state index contributed by atoms with van der Waals surface area (Å²) in [5.41, 5.74) is 1.24. The van der Waals surface area contributed by atoms with Gasteiger partial charge in [-0.2, -0.15) is 5.10 Å². The summed E-state index contributed by atoms with van der Waals surface area (Å²) in [7, 11) is 1.95. The van der Waals surface area contributed by atoms with Crippen LogP contribution < -0.4 is 5.32 Å². The molecule has 0 aliphatic carbocycles. The van der Waals surface area contributed by atoms with E-state index in [-0.39, 0.29) is 0 Å². The molecule has 1 unspecified atom stereocenters. The van der Waals surface area contributed by atoms with E-state index in [2.05, 4.69) is 61.6 Å². The van der Waals surface area contributed by atoms with E-state index in [9.17, 15) is 0 Å². The Kier molecular flexibility index (Phi) is 4.20. The van der Waals surface area contributed by atoms with Crippen LogP contribution in [0.25, 0.3) is 0 Å². The molecule has 0 spiro atoms. The number of H-pyrrole nitrogens is 1. The Morgan fingerprint density at radius 2 is 2.29 bits per heavy atom. The van der Waals surface area contributed by atoms with Gasteiger partial charge in [0, 0.05) is 15.4 Å². The van der Waals surface area contributed by atoms with Crippen LogP contribution in [0.1, 0.15) is 18.5 Å². The van der Waals surface area contributed by atoms with Gasteiger partial charge in [-0.05, 0) is 31.7 Å². The first kappa shape index (κ1) is 12.6. The van der Waals surface area contributed by atoms with Gasteiger partial charge in [0.05, 0.1) is 0 Å². The predicted molar refractivity (Wildman–Crippen MR) is 72.1 cm³/mol. The van der Waals surface area contributed by atoms with E-state index in [1.165, 1.54) is 11.9 Å². The molecule has 1 aromatic carbocycles. The highest BCUT2D eigenvalue weighted by Crippen LogP contribution is 2.31. The average Bonchev–Trinajstić information content (AvgIpc) is 2.81. The summed E-state index contributed by atoms with van der Waals surface area (Å²) in [4.78, 5) is 5.21. The number of nitrogens with zero attached hydrogens (tertiary/aromatic N) is 2. The van der Waals surface area contributed by atoms with Crippen LogP contribution in [0.15, 0.2) is 39.1 Å². The van der Waals surface area contributed by atoms with Crippen molar-refractivity contribution in [1.82, 2.24) is 20.5 Å². The van der Waals surface area contributed by atoms with E-state index in [1.54, 1.807) is 11.8 Å². The van der Waals surface area contributed by atoms with Crippen molar-refractivity contribution in [2.75, 3.05) is 7.05 Å². The minimum atomic E-state index is 0.328. The Morgan fingerprint density at radius 3 is 2.88 bits per heavy atom. The summed E-state index contributed by atoms with van der Waals surface area (Å²) in [6.45, 7) is 2.13. The number of halogens is 1. The molecule has 0 saturated carbocycles. The molecule has 0 fully saturated rings. The van der Waals surface area contributed by atoms with E-state index in [4.69, 9.17) is 0 Å². The fraction of sp³-hybridized carbons (Fsp3) is 0.273. The smallest absolute Gasteiger partial charge is 0.188 e. The zero-order valence-corrected chi connectivity index (χ0v) is 12.0. The van der Waals surface area contributed by atoms with Crippen molar-refractivity contribution in [2.45, 2.75) is 23.0 Å². The van der Waals surface area contributed by atoms with Crippen molar-refractivity contribution in [3.63, 3.8) is 0 Å². The number of aromatic nitrogens is 3. The first-order valence-electron chi connectivity index (χ1n) is 5.20. The van der Waals surface area contributed by atoms with Crippen LogP contribution in [0.4, 0.5) is 0 Å². The molecule has 1 heterocycles. The Hall–Kier alpha value is -0.850. The number of nitrogens with one attached hydrogen (secondary N) is 2. The molecule has 1 atom stereocenters. The van der Waals surface area contributed by atoms with Crippen LogP contribution in [-0.2, 0) is 0 Å². The van der Waals surface area contributed by atoms with Crippen molar-refractivity contribution in [1.29, 1.82) is 0 Å². The Morgan fingerprint density at radius 1 is 1.47 bits per heavy atom. The largest absolute Gasteiger partial charge is 0.313 e. The lowest BCUT2D eigenvalue weighted by Crippen LogP contribution is -2.12. The molecule has 0 bridgehead atoms. The van der Waals surface area contributed by atoms with Gasteiger partial charge in [-0.15, -0.1) is 0 Å². The summed E-state index contributed by atoms with van der Waals surface area (Å²) in [6, 6.07) is 6.62. The lowest BCUT2D eigenvalue weighted by molar-refractivity contribution is 0.649. The third-order valence-corrected chi connectivity index (χ3v) is 4.05. The fourth-order valence-electron chi connectivity index (χ4n) is 1.43. The molecule has 0 aliphatic rings. The summed E-state index contributed by atoms with van der Waals surface area (Å²) < 4.78 is 1.10. The fourth-order valence-corrected chi connectivity index (χ4v) is 3.04. The molecular weight excluding hydrogens is 300 g/mol. The zero-order chi connectivity index (χ0) is 12.3. The van der Waals surface area contributed by atoms with Gasteiger partial charge in [0.1, 0.15) is 6.33 Å². The highest BCUT2D eigenvalue weighted by atomic mass is 79.9. The van der Waals surface area contributed by atoms with Crippen LogP contribution in [0.5, 0.6) is 0 Å². The minimum absolute atomic E-state index is 0.328. The average molecular weight is 313 g/mol. The van der Waals surface area contributed by atoms with Crippen LogP contribution in [0.2, 0.25) is 0 Å². The Bertz CT molecular complexity index is 486. The maximum atomic E-state index is 4.08. The Labute approximate surface area is 113 Å². The first-order chi connectivity index (χ1) is 8.20. The molecule has 0 radical (unpaired) electrons. The highest BCUT2D eigenvalue weighted by molar-refractivity contribution is 9.10. The van der Waals surface area contributed by atoms with Crippen LogP contribution >= 0.6 is 27.7 Å². The molecule has 1 aromatic heterocycles. The SMILES string of the molecule is CNC(C)c1ccc(Sc2ncn[nH]2)cc1Br. The van der Waals surface area contributed by atoms with Gasteiger partial charge in [-0.1, -0.05) is 33.8 Å². The standard InChI is InChI=1S/C11H13BrN4S/c1-7(13-2)9-4-3-8(5-10(9)12)17-11-14-6-15-16-11/h3-7,13H,1-2H3,(H,14,15,16). The van der Waals surface area contributed by atoms with Crippen molar-refractivity contribution in [3.8, 4) is 0 Å². The third-order valence-electron chi connectivity index (χ3n) is 2.48. The first-order valence-corrected chi connectivity index (χ1v) is 6.81. The molecule has 90 valence electrons. The molecule has 2 rings (SSSR count). The summed E-state index contributed by atoms with van der Waals surface area (Å²) >= 11 is 5.15. The normalized spacial score (nSPS) is 12.6. The maximum Gasteiger partial charge on any atom is 0.188 e. The topological polar surface area (TPSA) is 53.6 Å². The minimum Gasteiger partial charge on any atom is -0.313 e. The summed E-state index contributed by atoms with van der Waals surface area (Å²) in [6.07, 6.45) is 1.51. The molecule has 17 heavy (non-hydrogen) atoms. The second kappa shape index (κ2) is 5.66. The summed E-state index contributed by atoms with van der Waals surface area (Å²) in [5, 5.41) is 10.7. The lowest BCUT2D eigenvalue weighted by atomic mass is 10.1. The molecule has 0 amide bonds. The molecular formula is C11H13BrN4S. The molecule has 6 heteroatoms. The van der Waals surface area contributed by atoms with Gasteiger partial charge in [0.2, 0.25) is 0 Å². The van der Waals surface area contributed by atoms with E-state index in [1.807, 2.05) is 7.05 Å². The summed E-state index contributed by atoms with van der Waals surface area (Å²) in [5.74, 6) is 0. The van der Waals surface area contributed by atoms with Crippen molar-refractivity contribution in [3.05, 3.63) is 34.6 Å². The highest BCUT2D eigenvalue weighted by Gasteiger charge is 2.08. The number of aromatic amines is 1. The van der Waals surface area contributed by atoms with E-state index >= 15 is 0 Å². The van der Waals surface area contributed by atoms with Gasteiger partial charge in [0.15, 0.2) is 5.16 Å². The van der Waals surface area contributed by atoms with Gasteiger partial charge in [0.25, 0.3) is 0 Å². The molecule has 4 nitrogen and oxygen atoms in total. The zero-order valence-electron chi connectivity index (χ0n) is 9.57. The third kappa shape index (κ3) is 3.08. The number of hydrogen-bond acceptors (Lipinski definition) is 4. The maximum absolute atomic E-state index is 4.08. The van der Waals surface area contributed by atoms with Crippen molar-refractivity contribution in [2.24, 2.45) is 0 Å². The number of benzene rings is 1. The van der Waals surface area contributed by atoms with Crippen molar-refractivity contribution >= 4 is 27.7 Å². The predicted octanol–water partition coefficient (Wildman–Crippen LogP) is 3.00. The van der Waals surface area contributed by atoms with Crippen LogP contribution in [0.3, 0.4) is 0 Å². The number of rotatable bonds is 4.